The SMILES string of the molecule is COC(=O)CNC[C@H](OCc1ccccc1)[C@H](OCc1ccccc1)[C@@H](COCc1ccccc1)OCc1ccccc1. The molecule has 0 aliphatic rings. The predicted molar refractivity (Wildman–Crippen MR) is 166 cm³/mol. The Kier molecular flexibility index (Phi) is 13.9. The van der Waals surface area contributed by atoms with Crippen molar-refractivity contribution in [3.8, 4) is 0 Å². The molecule has 3 atom stereocenters. The maximum atomic E-state index is 11.9. The van der Waals surface area contributed by atoms with E-state index in [1.807, 2.05) is 121 Å². The monoisotopic (exact) mass is 583 g/mol. The van der Waals surface area contributed by atoms with Crippen LogP contribution in [0.2, 0.25) is 0 Å². The van der Waals surface area contributed by atoms with Crippen molar-refractivity contribution >= 4 is 5.97 Å². The molecule has 0 saturated heterocycles. The van der Waals surface area contributed by atoms with Gasteiger partial charge < -0.3 is 29.0 Å². The zero-order valence-corrected chi connectivity index (χ0v) is 24.7. The molecular weight excluding hydrogens is 542 g/mol. The van der Waals surface area contributed by atoms with Crippen LogP contribution >= 0.6 is 0 Å². The second kappa shape index (κ2) is 18.6. The van der Waals surface area contributed by atoms with Gasteiger partial charge in [-0.05, 0) is 22.3 Å². The van der Waals surface area contributed by atoms with E-state index >= 15 is 0 Å². The fourth-order valence-electron chi connectivity index (χ4n) is 4.54. The van der Waals surface area contributed by atoms with Crippen molar-refractivity contribution in [2.75, 3.05) is 26.8 Å². The van der Waals surface area contributed by atoms with Gasteiger partial charge in [0.15, 0.2) is 0 Å². The lowest BCUT2D eigenvalue weighted by Gasteiger charge is -2.34. The average molecular weight is 584 g/mol. The first kappa shape index (κ1) is 32.1. The van der Waals surface area contributed by atoms with E-state index in [0.29, 0.717) is 33.0 Å². The highest BCUT2D eigenvalue weighted by atomic mass is 16.6. The number of hydrogen-bond acceptors (Lipinski definition) is 7. The summed E-state index contributed by atoms with van der Waals surface area (Å²) < 4.78 is 30.8. The summed E-state index contributed by atoms with van der Waals surface area (Å²) in [6, 6.07) is 40.0. The van der Waals surface area contributed by atoms with E-state index in [1.165, 1.54) is 7.11 Å². The molecule has 4 aromatic rings. The molecule has 0 fully saturated rings. The van der Waals surface area contributed by atoms with Gasteiger partial charge in [-0.25, -0.2) is 0 Å². The largest absolute Gasteiger partial charge is 0.468 e. The molecule has 0 spiro atoms. The molecule has 0 aliphatic carbocycles. The van der Waals surface area contributed by atoms with Crippen molar-refractivity contribution in [2.45, 2.75) is 44.7 Å². The van der Waals surface area contributed by atoms with Gasteiger partial charge in [0.05, 0.1) is 52.8 Å². The number of esters is 1. The summed E-state index contributed by atoms with van der Waals surface area (Å²) in [4.78, 5) is 11.9. The lowest BCUT2D eigenvalue weighted by atomic mass is 10.1. The van der Waals surface area contributed by atoms with Crippen molar-refractivity contribution in [1.82, 2.24) is 5.32 Å². The summed E-state index contributed by atoms with van der Waals surface area (Å²) in [5.74, 6) is -0.355. The Morgan fingerprint density at radius 3 is 1.47 bits per heavy atom. The standard InChI is InChI=1S/C36H41NO6/c1-39-35(38)23-37-22-33(41-25-30-16-8-3-9-17-30)36(43-27-32-20-12-5-13-21-32)34(42-26-31-18-10-4-11-19-31)28-40-24-29-14-6-2-7-15-29/h2-21,33-34,36-37H,22-28H2,1H3/t33-,34+,36-/m0/s1. The molecule has 0 bridgehead atoms. The molecule has 0 aromatic heterocycles. The molecule has 7 nitrogen and oxygen atoms in total. The van der Waals surface area contributed by atoms with Crippen molar-refractivity contribution in [2.24, 2.45) is 0 Å². The molecule has 4 rings (SSSR count). The lowest BCUT2D eigenvalue weighted by molar-refractivity contribution is -0.167. The summed E-state index contributed by atoms with van der Waals surface area (Å²) in [5, 5.41) is 3.19. The molecule has 0 aliphatic heterocycles. The third kappa shape index (κ3) is 11.7. The van der Waals surface area contributed by atoms with E-state index in [2.05, 4.69) is 5.32 Å². The third-order valence-corrected chi connectivity index (χ3v) is 6.87. The van der Waals surface area contributed by atoms with Crippen LogP contribution in [0.3, 0.4) is 0 Å². The summed E-state index contributed by atoms with van der Waals surface area (Å²) in [5.41, 5.74) is 4.18. The fraction of sp³-hybridized carbons (Fsp3) is 0.306. The highest BCUT2D eigenvalue weighted by Gasteiger charge is 2.33. The first-order chi connectivity index (χ1) is 21.2. The summed E-state index contributed by atoms with van der Waals surface area (Å²) in [6.45, 7) is 2.21. The zero-order chi connectivity index (χ0) is 30.0. The van der Waals surface area contributed by atoms with Crippen molar-refractivity contribution < 1.29 is 28.5 Å². The van der Waals surface area contributed by atoms with Crippen molar-refractivity contribution in [1.29, 1.82) is 0 Å². The summed E-state index contributed by atoms with van der Waals surface area (Å²) >= 11 is 0. The molecule has 0 radical (unpaired) electrons. The molecule has 0 amide bonds. The predicted octanol–water partition coefficient (Wildman–Crippen LogP) is 5.72. The van der Waals surface area contributed by atoms with E-state index < -0.39 is 18.3 Å². The Hall–Kier alpha value is -3.85. The normalized spacial score (nSPS) is 13.2. The van der Waals surface area contributed by atoms with Gasteiger partial charge in [-0.1, -0.05) is 121 Å². The van der Waals surface area contributed by atoms with Gasteiger partial charge in [0, 0.05) is 6.54 Å². The second-order valence-electron chi connectivity index (χ2n) is 10.1. The number of benzene rings is 4. The van der Waals surface area contributed by atoms with Crippen LogP contribution in [-0.2, 0) is 54.9 Å². The van der Waals surface area contributed by atoms with Crippen LogP contribution in [0.15, 0.2) is 121 Å². The minimum absolute atomic E-state index is 0.0488. The van der Waals surface area contributed by atoms with E-state index in [1.54, 1.807) is 0 Å². The van der Waals surface area contributed by atoms with Gasteiger partial charge in [0.2, 0.25) is 0 Å². The van der Waals surface area contributed by atoms with Crippen LogP contribution in [0.5, 0.6) is 0 Å². The van der Waals surface area contributed by atoms with Crippen LogP contribution in [0.1, 0.15) is 22.3 Å². The van der Waals surface area contributed by atoms with Crippen LogP contribution in [0.25, 0.3) is 0 Å². The Bertz CT molecular complexity index is 1290. The first-order valence-corrected chi connectivity index (χ1v) is 14.6. The molecular formula is C36H41NO6. The molecule has 4 aromatic carbocycles. The smallest absolute Gasteiger partial charge is 0.319 e. The van der Waals surface area contributed by atoms with Crippen molar-refractivity contribution in [3.63, 3.8) is 0 Å². The topological polar surface area (TPSA) is 75.3 Å². The number of methoxy groups -OCH3 is 1. The maximum absolute atomic E-state index is 11.9. The van der Waals surface area contributed by atoms with E-state index in [4.69, 9.17) is 23.7 Å². The lowest BCUT2D eigenvalue weighted by Crippen LogP contribution is -2.49. The zero-order valence-electron chi connectivity index (χ0n) is 24.7. The first-order valence-electron chi connectivity index (χ1n) is 14.6. The summed E-state index contributed by atoms with van der Waals surface area (Å²) in [7, 11) is 1.37. The van der Waals surface area contributed by atoms with Gasteiger partial charge in [0.1, 0.15) is 12.2 Å². The quantitative estimate of drug-likeness (QED) is 0.142. The van der Waals surface area contributed by atoms with Crippen LogP contribution in [-0.4, -0.2) is 51.1 Å². The molecule has 0 heterocycles. The van der Waals surface area contributed by atoms with Crippen LogP contribution < -0.4 is 5.32 Å². The number of nitrogens with one attached hydrogen (secondary N) is 1. The minimum Gasteiger partial charge on any atom is -0.468 e. The van der Waals surface area contributed by atoms with Gasteiger partial charge in [0.25, 0.3) is 0 Å². The molecule has 0 saturated carbocycles. The molecule has 43 heavy (non-hydrogen) atoms. The highest BCUT2D eigenvalue weighted by molar-refractivity contribution is 5.71. The van der Waals surface area contributed by atoms with Crippen LogP contribution in [0, 0.1) is 0 Å². The number of rotatable bonds is 19. The molecule has 7 heteroatoms. The van der Waals surface area contributed by atoms with E-state index in [-0.39, 0.29) is 19.1 Å². The van der Waals surface area contributed by atoms with Crippen molar-refractivity contribution in [3.05, 3.63) is 144 Å². The van der Waals surface area contributed by atoms with Gasteiger partial charge in [-0.15, -0.1) is 0 Å². The molecule has 226 valence electrons. The fourth-order valence-corrected chi connectivity index (χ4v) is 4.54. The number of carbonyl (C=O) groups excluding carboxylic acids is 1. The highest BCUT2D eigenvalue weighted by Crippen LogP contribution is 2.20. The Balaban J connectivity index is 1.58. The summed E-state index contributed by atoms with van der Waals surface area (Å²) in [6.07, 6.45) is -1.49. The number of carbonyl (C=O) groups is 1. The van der Waals surface area contributed by atoms with E-state index in [9.17, 15) is 4.79 Å². The van der Waals surface area contributed by atoms with Gasteiger partial charge in [-0.3, -0.25) is 4.79 Å². The molecule has 1 N–H and O–H groups in total. The Labute approximate surface area is 254 Å². The third-order valence-electron chi connectivity index (χ3n) is 6.87. The van der Waals surface area contributed by atoms with E-state index in [0.717, 1.165) is 22.3 Å². The minimum atomic E-state index is -0.534. The van der Waals surface area contributed by atoms with Gasteiger partial charge in [-0.2, -0.15) is 0 Å². The Morgan fingerprint density at radius 1 is 0.581 bits per heavy atom. The average Bonchev–Trinajstić information content (AvgIpc) is 3.07. The number of hydrogen-bond donors (Lipinski definition) is 1. The molecule has 0 unspecified atom stereocenters. The van der Waals surface area contributed by atoms with Crippen LogP contribution in [0.4, 0.5) is 0 Å². The maximum Gasteiger partial charge on any atom is 0.319 e. The second-order valence-corrected chi connectivity index (χ2v) is 10.1. The number of ether oxygens (including phenoxy) is 5. The Morgan fingerprint density at radius 2 is 1.00 bits per heavy atom. The van der Waals surface area contributed by atoms with Gasteiger partial charge >= 0.3 is 5.97 Å².